The van der Waals surface area contributed by atoms with Gasteiger partial charge >= 0.3 is 0 Å². The van der Waals surface area contributed by atoms with Crippen LogP contribution in [0, 0.1) is 0 Å². The SMILES string of the molecule is CCCN(CCC)PN(C)C.Cl. The summed E-state index contributed by atoms with van der Waals surface area (Å²) >= 11 is 0. The lowest BCUT2D eigenvalue weighted by molar-refractivity contribution is 0.437. The molecule has 0 aliphatic heterocycles. The predicted molar refractivity (Wildman–Crippen MR) is 61.4 cm³/mol. The molecule has 0 aromatic heterocycles. The largest absolute Gasteiger partial charge is 0.279 e. The molecule has 0 saturated heterocycles. The van der Waals surface area contributed by atoms with Gasteiger partial charge in [0.15, 0.2) is 0 Å². The molecule has 0 aliphatic carbocycles. The van der Waals surface area contributed by atoms with Crippen molar-refractivity contribution in [2.45, 2.75) is 26.7 Å². The molecule has 1 unspecified atom stereocenters. The highest BCUT2D eigenvalue weighted by Crippen LogP contribution is 2.20. The molecule has 0 spiro atoms. The Bertz CT molecular complexity index is 85.1. The maximum absolute atomic E-state index is 2.51. The third kappa shape index (κ3) is 8.73. The summed E-state index contributed by atoms with van der Waals surface area (Å²) in [5.41, 5.74) is 0. The maximum atomic E-state index is 2.51. The Morgan fingerprint density at radius 3 is 1.67 bits per heavy atom. The zero-order valence-corrected chi connectivity index (χ0v) is 10.4. The summed E-state index contributed by atoms with van der Waals surface area (Å²) in [6.07, 6.45) is 2.53. The van der Waals surface area contributed by atoms with Crippen molar-refractivity contribution < 1.29 is 0 Å². The number of halogens is 1. The van der Waals surface area contributed by atoms with Gasteiger partial charge in [-0.15, -0.1) is 12.4 Å². The van der Waals surface area contributed by atoms with Crippen molar-refractivity contribution in [3.05, 3.63) is 0 Å². The van der Waals surface area contributed by atoms with E-state index in [9.17, 15) is 0 Å². The van der Waals surface area contributed by atoms with E-state index >= 15 is 0 Å². The van der Waals surface area contributed by atoms with Crippen molar-refractivity contribution in [2.24, 2.45) is 0 Å². The molecule has 0 N–H and O–H groups in total. The van der Waals surface area contributed by atoms with Crippen LogP contribution in [0.5, 0.6) is 0 Å². The van der Waals surface area contributed by atoms with Gasteiger partial charge in [0.2, 0.25) is 0 Å². The first-order valence-electron chi connectivity index (χ1n) is 4.39. The third-order valence-corrected chi connectivity index (χ3v) is 2.46. The first kappa shape index (κ1) is 15.1. The fourth-order valence-corrected chi connectivity index (χ4v) is 2.25. The lowest BCUT2D eigenvalue weighted by atomic mass is 10.4. The molecule has 0 rings (SSSR count). The van der Waals surface area contributed by atoms with Crippen LogP contribution in [-0.4, -0.2) is 36.5 Å². The minimum atomic E-state index is 0. The summed E-state index contributed by atoms with van der Waals surface area (Å²) in [4.78, 5) is 0. The van der Waals surface area contributed by atoms with E-state index in [1.807, 2.05) is 0 Å². The van der Waals surface area contributed by atoms with Gasteiger partial charge < -0.3 is 0 Å². The Morgan fingerprint density at radius 1 is 1.00 bits per heavy atom. The molecule has 1 atom stereocenters. The molecule has 12 heavy (non-hydrogen) atoms. The van der Waals surface area contributed by atoms with E-state index in [1.165, 1.54) is 25.9 Å². The number of nitrogens with zero attached hydrogens (tertiary/aromatic N) is 2. The van der Waals surface area contributed by atoms with Crippen LogP contribution in [0.1, 0.15) is 26.7 Å². The fraction of sp³-hybridized carbons (Fsp3) is 1.00. The first-order valence-corrected chi connectivity index (χ1v) is 5.28. The van der Waals surface area contributed by atoms with Crippen molar-refractivity contribution in [3.8, 4) is 0 Å². The molecule has 4 heteroatoms. The minimum Gasteiger partial charge on any atom is -0.279 e. The van der Waals surface area contributed by atoms with Crippen LogP contribution in [0.2, 0.25) is 0 Å². The topological polar surface area (TPSA) is 6.48 Å². The van der Waals surface area contributed by atoms with Gasteiger partial charge in [-0.1, -0.05) is 13.8 Å². The average molecular weight is 213 g/mol. The Hall–Kier alpha value is 0.640. The molecule has 0 bridgehead atoms. The Labute approximate surface area is 85.0 Å². The summed E-state index contributed by atoms with van der Waals surface area (Å²) in [6.45, 7) is 6.96. The van der Waals surface area contributed by atoms with Crippen LogP contribution in [-0.2, 0) is 0 Å². The normalized spacial score (nSPS) is 11.5. The van der Waals surface area contributed by atoms with Crippen molar-refractivity contribution in [2.75, 3.05) is 27.2 Å². The van der Waals surface area contributed by atoms with E-state index in [2.05, 4.69) is 37.3 Å². The molecule has 0 heterocycles. The second-order valence-corrected chi connectivity index (χ2v) is 4.71. The standard InChI is InChI=1S/C8H21N2P.ClH/c1-5-7-10(8-6-2)11-9(3)4;/h11H,5-8H2,1-4H3;1H. The summed E-state index contributed by atoms with van der Waals surface area (Å²) in [5, 5.41) is 0. The van der Waals surface area contributed by atoms with Crippen LogP contribution in [0.15, 0.2) is 0 Å². The zero-order valence-electron chi connectivity index (χ0n) is 8.63. The van der Waals surface area contributed by atoms with E-state index < -0.39 is 0 Å². The zero-order chi connectivity index (χ0) is 8.69. The first-order chi connectivity index (χ1) is 5.20. The number of hydrogen-bond acceptors (Lipinski definition) is 2. The Kier molecular flexibility index (Phi) is 12.3. The average Bonchev–Trinajstić information content (AvgIpc) is 1.87. The quantitative estimate of drug-likeness (QED) is 0.625. The highest BCUT2D eigenvalue weighted by Gasteiger charge is 2.02. The summed E-state index contributed by atoms with van der Waals surface area (Å²) in [7, 11) is 5.13. The number of rotatable bonds is 6. The van der Waals surface area contributed by atoms with Crippen molar-refractivity contribution in [3.63, 3.8) is 0 Å². The van der Waals surface area contributed by atoms with E-state index in [1.54, 1.807) is 0 Å². The highest BCUT2D eigenvalue weighted by molar-refractivity contribution is 7.32. The van der Waals surface area contributed by atoms with Gasteiger partial charge in [-0.3, -0.25) is 9.34 Å². The van der Waals surface area contributed by atoms with Gasteiger partial charge in [-0.25, -0.2) is 0 Å². The molecule has 0 saturated carbocycles. The van der Waals surface area contributed by atoms with Crippen LogP contribution in [0.3, 0.4) is 0 Å². The molecular weight excluding hydrogens is 191 g/mol. The summed E-state index contributed by atoms with van der Waals surface area (Å²) < 4.78 is 4.77. The second-order valence-electron chi connectivity index (χ2n) is 2.98. The van der Waals surface area contributed by atoms with Gasteiger partial charge in [0.05, 0.1) is 0 Å². The molecule has 0 amide bonds. The van der Waals surface area contributed by atoms with Crippen molar-refractivity contribution >= 4 is 21.3 Å². The predicted octanol–water partition coefficient (Wildman–Crippen LogP) is 2.60. The maximum Gasteiger partial charge on any atom is 0.0234 e. The lowest BCUT2D eigenvalue weighted by Crippen LogP contribution is -2.20. The van der Waals surface area contributed by atoms with Gasteiger partial charge in [-0.05, 0) is 26.9 Å². The van der Waals surface area contributed by atoms with E-state index in [0.29, 0.717) is 0 Å². The van der Waals surface area contributed by atoms with Crippen LogP contribution in [0.4, 0.5) is 0 Å². The highest BCUT2D eigenvalue weighted by atomic mass is 35.5. The monoisotopic (exact) mass is 212 g/mol. The smallest absolute Gasteiger partial charge is 0.0234 e. The van der Waals surface area contributed by atoms with E-state index in [0.717, 1.165) is 8.88 Å². The minimum absolute atomic E-state index is 0. The van der Waals surface area contributed by atoms with E-state index in [4.69, 9.17) is 0 Å². The van der Waals surface area contributed by atoms with Gasteiger partial charge in [0.25, 0.3) is 0 Å². The van der Waals surface area contributed by atoms with Crippen LogP contribution < -0.4 is 0 Å². The number of hydrogen-bond donors (Lipinski definition) is 0. The molecule has 0 fully saturated rings. The Morgan fingerprint density at radius 2 is 1.42 bits per heavy atom. The molecule has 0 aliphatic rings. The Balaban J connectivity index is 0. The molecule has 0 aromatic rings. The molecule has 0 radical (unpaired) electrons. The summed E-state index contributed by atoms with van der Waals surface area (Å²) in [6, 6.07) is 0. The van der Waals surface area contributed by atoms with E-state index in [-0.39, 0.29) is 12.4 Å². The third-order valence-electron chi connectivity index (χ3n) is 1.33. The molecular formula is C8H22ClN2P. The fourth-order valence-electron chi connectivity index (χ4n) is 1.03. The van der Waals surface area contributed by atoms with Gasteiger partial charge in [-0.2, -0.15) is 0 Å². The molecule has 0 aromatic carbocycles. The molecule has 76 valence electrons. The van der Waals surface area contributed by atoms with Crippen LogP contribution >= 0.6 is 21.3 Å². The summed E-state index contributed by atoms with van der Waals surface area (Å²) in [5.74, 6) is 0. The van der Waals surface area contributed by atoms with Crippen molar-refractivity contribution in [1.29, 1.82) is 0 Å². The van der Waals surface area contributed by atoms with Crippen molar-refractivity contribution in [1.82, 2.24) is 9.34 Å². The van der Waals surface area contributed by atoms with Crippen LogP contribution in [0.25, 0.3) is 0 Å². The lowest BCUT2D eigenvalue weighted by Gasteiger charge is -2.23. The van der Waals surface area contributed by atoms with Gasteiger partial charge in [0.1, 0.15) is 0 Å². The second kappa shape index (κ2) is 9.73. The molecule has 2 nitrogen and oxygen atoms in total. The van der Waals surface area contributed by atoms with Gasteiger partial charge in [0, 0.05) is 22.0 Å².